The van der Waals surface area contributed by atoms with Gasteiger partial charge in [0.2, 0.25) is 0 Å². The third kappa shape index (κ3) is 3.37. The van der Waals surface area contributed by atoms with E-state index in [-0.39, 0.29) is 5.56 Å². The highest BCUT2D eigenvalue weighted by atomic mass is 79.9. The Labute approximate surface area is 169 Å². The molecule has 0 atom stereocenters. The van der Waals surface area contributed by atoms with Gasteiger partial charge in [0.15, 0.2) is 9.82 Å². The topological polar surface area (TPSA) is 60.1 Å². The SMILES string of the molecule is O=c1c2c(Br)c(N=c3ssnc3Cl)ccc2ncn1Cc1ccccc1. The van der Waals surface area contributed by atoms with Gasteiger partial charge in [0, 0.05) is 10.5 Å². The van der Waals surface area contributed by atoms with Crippen molar-refractivity contribution in [3.05, 3.63) is 79.0 Å². The van der Waals surface area contributed by atoms with Crippen molar-refractivity contribution in [3.63, 3.8) is 0 Å². The number of benzene rings is 2. The zero-order chi connectivity index (χ0) is 18.1. The van der Waals surface area contributed by atoms with Gasteiger partial charge in [0.25, 0.3) is 5.56 Å². The summed E-state index contributed by atoms with van der Waals surface area (Å²) in [6, 6.07) is 13.4. The van der Waals surface area contributed by atoms with Crippen LogP contribution >= 0.6 is 48.4 Å². The number of hydrogen-bond acceptors (Lipinski definition) is 6. The Morgan fingerprint density at radius 1 is 1.19 bits per heavy atom. The van der Waals surface area contributed by atoms with E-state index >= 15 is 0 Å². The van der Waals surface area contributed by atoms with E-state index in [2.05, 4.69) is 30.3 Å². The molecular weight excluding hydrogens is 456 g/mol. The Hall–Kier alpha value is -1.87. The third-order valence-electron chi connectivity index (χ3n) is 3.74. The van der Waals surface area contributed by atoms with Crippen molar-refractivity contribution < 1.29 is 0 Å². The molecule has 0 amide bonds. The summed E-state index contributed by atoms with van der Waals surface area (Å²) in [6.45, 7) is 0.457. The largest absolute Gasteiger partial charge is 0.294 e. The molecule has 2 heterocycles. The molecule has 4 aromatic rings. The summed E-state index contributed by atoms with van der Waals surface area (Å²) in [5.41, 5.74) is 2.14. The predicted octanol–water partition coefficient (Wildman–Crippen LogP) is 4.61. The average Bonchev–Trinajstić information content (AvgIpc) is 3.05. The molecule has 0 unspecified atom stereocenters. The van der Waals surface area contributed by atoms with Crippen LogP contribution < -0.4 is 10.2 Å². The van der Waals surface area contributed by atoms with Crippen LogP contribution in [0.3, 0.4) is 0 Å². The summed E-state index contributed by atoms with van der Waals surface area (Å²) in [7, 11) is 2.65. The Morgan fingerprint density at radius 2 is 2.00 bits per heavy atom. The molecule has 0 bridgehead atoms. The molecule has 4 rings (SSSR count). The molecule has 0 N–H and O–H groups in total. The van der Waals surface area contributed by atoms with Crippen LogP contribution in [0.2, 0.25) is 5.15 Å². The summed E-state index contributed by atoms with van der Waals surface area (Å²) < 4.78 is 6.83. The van der Waals surface area contributed by atoms with Crippen molar-refractivity contribution in [1.82, 2.24) is 13.9 Å². The van der Waals surface area contributed by atoms with Crippen molar-refractivity contribution in [1.29, 1.82) is 0 Å². The van der Waals surface area contributed by atoms with Gasteiger partial charge >= 0.3 is 0 Å². The van der Waals surface area contributed by atoms with E-state index in [0.717, 1.165) is 5.56 Å². The standard InChI is InChI=1S/C17H10BrClN4OS2/c18-14-12(21-16-15(19)22-26-25-16)7-6-11-13(14)17(24)23(9-20-11)8-10-4-2-1-3-5-10/h1-7,9H,8H2. The summed E-state index contributed by atoms with van der Waals surface area (Å²) in [5, 5.41) is 0.855. The van der Waals surface area contributed by atoms with Crippen molar-refractivity contribution in [2.24, 2.45) is 4.99 Å². The average molecular weight is 466 g/mol. The molecule has 0 saturated heterocycles. The summed E-state index contributed by atoms with van der Waals surface area (Å²) in [5.74, 6) is 0. The second-order valence-electron chi connectivity index (χ2n) is 5.41. The highest BCUT2D eigenvalue weighted by molar-refractivity contribution is 9.10. The molecule has 0 spiro atoms. The van der Waals surface area contributed by atoms with E-state index in [0.29, 0.717) is 37.4 Å². The minimum atomic E-state index is -0.124. The van der Waals surface area contributed by atoms with E-state index < -0.39 is 0 Å². The Bertz CT molecular complexity index is 1220. The van der Waals surface area contributed by atoms with Gasteiger partial charge in [0.1, 0.15) is 0 Å². The van der Waals surface area contributed by atoms with Crippen molar-refractivity contribution in [3.8, 4) is 0 Å². The van der Waals surface area contributed by atoms with Crippen LogP contribution in [-0.4, -0.2) is 13.9 Å². The lowest BCUT2D eigenvalue weighted by atomic mass is 10.2. The van der Waals surface area contributed by atoms with Gasteiger partial charge in [-0.3, -0.25) is 9.36 Å². The van der Waals surface area contributed by atoms with Crippen molar-refractivity contribution >= 4 is 65.0 Å². The lowest BCUT2D eigenvalue weighted by Crippen LogP contribution is -2.21. The number of fused-ring (bicyclic) bond motifs is 1. The number of aromatic nitrogens is 3. The fraction of sp³-hybridized carbons (Fsp3) is 0.0588. The van der Waals surface area contributed by atoms with Crippen LogP contribution in [0, 0.1) is 0 Å². The van der Waals surface area contributed by atoms with Crippen LogP contribution in [0.1, 0.15) is 5.56 Å². The minimum absolute atomic E-state index is 0.124. The highest BCUT2D eigenvalue weighted by Gasteiger charge is 2.12. The predicted molar refractivity (Wildman–Crippen MR) is 109 cm³/mol. The molecular formula is C17H10BrClN4OS2. The van der Waals surface area contributed by atoms with Crippen LogP contribution in [0.15, 0.2) is 63.1 Å². The quantitative estimate of drug-likeness (QED) is 0.415. The zero-order valence-corrected chi connectivity index (χ0v) is 17.1. The first kappa shape index (κ1) is 17.5. The Kier molecular flexibility index (Phi) is 4.99. The third-order valence-corrected chi connectivity index (χ3v) is 6.71. The van der Waals surface area contributed by atoms with Gasteiger partial charge in [-0.05, 0) is 44.0 Å². The molecule has 0 aliphatic rings. The molecule has 9 heteroatoms. The van der Waals surface area contributed by atoms with E-state index in [4.69, 9.17) is 11.6 Å². The summed E-state index contributed by atoms with van der Waals surface area (Å²) in [4.78, 5) is 21.9. The molecule has 0 saturated carbocycles. The number of nitrogens with zero attached hydrogens (tertiary/aromatic N) is 4. The maximum absolute atomic E-state index is 13.0. The fourth-order valence-electron chi connectivity index (χ4n) is 2.51. The minimum Gasteiger partial charge on any atom is -0.294 e. The molecule has 0 radical (unpaired) electrons. The zero-order valence-electron chi connectivity index (χ0n) is 13.1. The lowest BCUT2D eigenvalue weighted by Gasteiger charge is -2.08. The van der Waals surface area contributed by atoms with E-state index in [1.165, 1.54) is 20.9 Å². The second-order valence-corrected chi connectivity index (χ2v) is 8.40. The van der Waals surface area contributed by atoms with Gasteiger partial charge in [-0.1, -0.05) is 41.9 Å². The van der Waals surface area contributed by atoms with Gasteiger partial charge in [-0.25, -0.2) is 9.98 Å². The first-order valence-corrected chi connectivity index (χ1v) is 10.8. The second kappa shape index (κ2) is 7.40. The Morgan fingerprint density at radius 3 is 2.73 bits per heavy atom. The van der Waals surface area contributed by atoms with Gasteiger partial charge in [0.05, 0.1) is 33.9 Å². The monoisotopic (exact) mass is 464 g/mol. The lowest BCUT2D eigenvalue weighted by molar-refractivity contribution is 0.748. The number of rotatable bonds is 3. The fourth-order valence-corrected chi connectivity index (χ4v) is 5.09. The number of hydrogen-bond donors (Lipinski definition) is 0. The molecule has 2 aromatic heterocycles. The molecule has 0 fully saturated rings. The molecule has 0 aliphatic heterocycles. The highest BCUT2D eigenvalue weighted by Crippen LogP contribution is 2.30. The normalized spacial score (nSPS) is 12.0. The number of halogens is 2. The van der Waals surface area contributed by atoms with Crippen LogP contribution in [0.5, 0.6) is 0 Å². The maximum Gasteiger partial charge on any atom is 0.262 e. The first-order chi connectivity index (χ1) is 12.6. The summed E-state index contributed by atoms with van der Waals surface area (Å²) >= 11 is 9.55. The molecule has 130 valence electrons. The molecule has 5 nitrogen and oxygen atoms in total. The van der Waals surface area contributed by atoms with E-state index in [1.807, 2.05) is 30.3 Å². The van der Waals surface area contributed by atoms with Gasteiger partial charge in [-0.15, -0.1) is 0 Å². The Balaban J connectivity index is 1.87. The van der Waals surface area contributed by atoms with E-state index in [1.54, 1.807) is 23.0 Å². The molecule has 0 aliphatic carbocycles. The van der Waals surface area contributed by atoms with Crippen molar-refractivity contribution in [2.75, 3.05) is 0 Å². The van der Waals surface area contributed by atoms with Crippen molar-refractivity contribution in [2.45, 2.75) is 6.54 Å². The smallest absolute Gasteiger partial charge is 0.262 e. The molecule has 26 heavy (non-hydrogen) atoms. The van der Waals surface area contributed by atoms with E-state index in [9.17, 15) is 4.79 Å². The molecule has 2 aromatic carbocycles. The van der Waals surface area contributed by atoms with Crippen LogP contribution in [0.4, 0.5) is 5.69 Å². The van der Waals surface area contributed by atoms with Crippen LogP contribution in [0.25, 0.3) is 10.9 Å². The maximum atomic E-state index is 13.0. The van der Waals surface area contributed by atoms with Gasteiger partial charge in [-0.2, -0.15) is 4.37 Å². The first-order valence-electron chi connectivity index (χ1n) is 7.51. The summed E-state index contributed by atoms with van der Waals surface area (Å²) in [6.07, 6.45) is 1.57. The van der Waals surface area contributed by atoms with Gasteiger partial charge < -0.3 is 0 Å². The van der Waals surface area contributed by atoms with Crippen LogP contribution in [-0.2, 0) is 6.54 Å².